The van der Waals surface area contributed by atoms with E-state index in [1.165, 1.54) is 0 Å². The number of hydrogen-bond acceptors (Lipinski definition) is 5. The van der Waals surface area contributed by atoms with Gasteiger partial charge in [-0.15, -0.1) is 0 Å². The molecule has 2 aliphatic rings. The maximum absolute atomic E-state index is 11.6. The lowest BCUT2D eigenvalue weighted by Gasteiger charge is -1.95. The molecule has 0 saturated heterocycles. The fourth-order valence-corrected chi connectivity index (χ4v) is 1.85. The fraction of sp³-hybridized carbons (Fsp3) is 0.143. The Kier molecular flexibility index (Phi) is 2.79. The third-order valence-corrected chi connectivity index (χ3v) is 2.71. The van der Waals surface area contributed by atoms with Gasteiger partial charge in [-0.05, 0) is 25.1 Å². The van der Waals surface area contributed by atoms with Gasteiger partial charge in [0.2, 0.25) is 0 Å². The number of rotatable bonds is 2. The summed E-state index contributed by atoms with van der Waals surface area (Å²) in [4.78, 5) is 24.6. The van der Waals surface area contributed by atoms with E-state index < -0.39 is 5.97 Å². The molecule has 0 aromatic heterocycles. The molecule has 0 saturated carbocycles. The minimum Gasteiger partial charge on any atom is -0.461 e. The maximum Gasteiger partial charge on any atom is 0.357 e. The molecule has 2 aliphatic heterocycles. The largest absolute Gasteiger partial charge is 0.461 e. The number of nitrogens with zero attached hydrogens (tertiary/aromatic N) is 3. The summed E-state index contributed by atoms with van der Waals surface area (Å²) in [5.41, 5.74) is 3.04. The number of fused-ring (bicyclic) bond motifs is 2. The Morgan fingerprint density at radius 1 is 1.16 bits per heavy atom. The minimum atomic E-state index is -0.438. The standard InChI is InChI=1S/C14H11N3O2/c1-2-19-14(18)12-7-11-13(17-12)8-15-9-5-3-4-6-10(9)16-11/h3-8H,2H2,1H3. The second-order valence-electron chi connectivity index (χ2n) is 3.99. The summed E-state index contributed by atoms with van der Waals surface area (Å²) >= 11 is 0. The van der Waals surface area contributed by atoms with Crippen molar-refractivity contribution < 1.29 is 9.53 Å². The number of carbonyl (C=O) groups excluding carboxylic acids is 1. The molecule has 5 heteroatoms. The van der Waals surface area contributed by atoms with Crippen LogP contribution in [-0.2, 0) is 4.74 Å². The van der Waals surface area contributed by atoms with Crippen LogP contribution >= 0.6 is 0 Å². The molecular weight excluding hydrogens is 242 g/mol. The van der Waals surface area contributed by atoms with Crippen LogP contribution in [0.15, 0.2) is 36.5 Å². The Morgan fingerprint density at radius 2 is 1.95 bits per heavy atom. The number of aromatic nitrogens is 3. The van der Waals surface area contributed by atoms with E-state index in [-0.39, 0.29) is 5.69 Å². The van der Waals surface area contributed by atoms with Crippen LogP contribution in [0.4, 0.5) is 0 Å². The molecule has 0 unspecified atom stereocenters. The van der Waals surface area contributed by atoms with Crippen LogP contribution in [0.3, 0.4) is 0 Å². The van der Waals surface area contributed by atoms with Crippen LogP contribution < -0.4 is 0 Å². The van der Waals surface area contributed by atoms with Crippen molar-refractivity contribution in [3.63, 3.8) is 0 Å². The Morgan fingerprint density at radius 3 is 2.74 bits per heavy atom. The smallest absolute Gasteiger partial charge is 0.357 e. The SMILES string of the molecule is CCOC(=O)c1cc2nc3ccccc3ncc-2n1. The van der Waals surface area contributed by atoms with E-state index in [0.717, 1.165) is 11.0 Å². The first kappa shape index (κ1) is 11.5. The number of hydrogen-bond donors (Lipinski definition) is 0. The van der Waals surface area contributed by atoms with Gasteiger partial charge in [-0.1, -0.05) is 12.1 Å². The van der Waals surface area contributed by atoms with Gasteiger partial charge in [0.05, 0.1) is 29.5 Å². The van der Waals surface area contributed by atoms with Crippen LogP contribution in [0.1, 0.15) is 17.4 Å². The molecule has 19 heavy (non-hydrogen) atoms. The van der Waals surface area contributed by atoms with Crippen molar-refractivity contribution in [2.45, 2.75) is 6.92 Å². The summed E-state index contributed by atoms with van der Waals surface area (Å²) in [5.74, 6) is -0.438. The highest BCUT2D eigenvalue weighted by Crippen LogP contribution is 2.21. The molecule has 3 rings (SSSR count). The Balaban J connectivity index is 2.15. The second-order valence-corrected chi connectivity index (χ2v) is 3.99. The van der Waals surface area contributed by atoms with Crippen molar-refractivity contribution in [2.24, 2.45) is 0 Å². The Bertz CT molecular complexity index is 727. The zero-order valence-electron chi connectivity index (χ0n) is 10.3. The molecule has 0 spiro atoms. The van der Waals surface area contributed by atoms with E-state index in [1.54, 1.807) is 19.2 Å². The highest BCUT2D eigenvalue weighted by Gasteiger charge is 2.16. The van der Waals surface area contributed by atoms with E-state index in [0.29, 0.717) is 18.0 Å². The van der Waals surface area contributed by atoms with E-state index in [9.17, 15) is 4.79 Å². The fourth-order valence-electron chi connectivity index (χ4n) is 1.85. The lowest BCUT2D eigenvalue weighted by molar-refractivity contribution is 0.0520. The van der Waals surface area contributed by atoms with Crippen molar-refractivity contribution in [2.75, 3.05) is 6.61 Å². The summed E-state index contributed by atoms with van der Waals surface area (Å²) in [6, 6.07) is 9.18. The van der Waals surface area contributed by atoms with Gasteiger partial charge in [-0.3, -0.25) is 4.98 Å². The molecular formula is C14H11N3O2. The summed E-state index contributed by atoms with van der Waals surface area (Å²) < 4.78 is 4.92. The zero-order valence-corrected chi connectivity index (χ0v) is 10.3. The lowest BCUT2D eigenvalue weighted by atomic mass is 10.3. The van der Waals surface area contributed by atoms with Crippen molar-refractivity contribution in [3.05, 3.63) is 42.2 Å². The van der Waals surface area contributed by atoms with E-state index in [4.69, 9.17) is 4.74 Å². The van der Waals surface area contributed by atoms with Crippen molar-refractivity contribution >= 4 is 17.0 Å². The van der Waals surface area contributed by atoms with Gasteiger partial charge in [0.1, 0.15) is 5.69 Å². The quantitative estimate of drug-likeness (QED) is 0.656. The predicted molar refractivity (Wildman–Crippen MR) is 69.9 cm³/mol. The average molecular weight is 253 g/mol. The van der Waals surface area contributed by atoms with Crippen LogP contribution in [-0.4, -0.2) is 27.5 Å². The van der Waals surface area contributed by atoms with E-state index in [2.05, 4.69) is 15.0 Å². The Hall–Kier alpha value is -2.56. The molecule has 0 radical (unpaired) electrons. The van der Waals surface area contributed by atoms with Gasteiger partial charge >= 0.3 is 5.97 Å². The summed E-state index contributed by atoms with van der Waals surface area (Å²) in [7, 11) is 0. The first-order valence-corrected chi connectivity index (χ1v) is 5.97. The molecule has 2 heterocycles. The van der Waals surface area contributed by atoms with Crippen LogP contribution in [0, 0.1) is 0 Å². The third-order valence-electron chi connectivity index (χ3n) is 2.71. The minimum absolute atomic E-state index is 0.265. The van der Waals surface area contributed by atoms with Crippen molar-refractivity contribution in [3.8, 4) is 11.4 Å². The van der Waals surface area contributed by atoms with Crippen molar-refractivity contribution in [1.29, 1.82) is 0 Å². The van der Waals surface area contributed by atoms with Crippen LogP contribution in [0.2, 0.25) is 0 Å². The molecule has 1 aromatic rings. The van der Waals surface area contributed by atoms with Gasteiger partial charge in [-0.2, -0.15) is 0 Å². The first-order valence-electron chi connectivity index (χ1n) is 5.97. The monoisotopic (exact) mass is 253 g/mol. The summed E-state index contributed by atoms with van der Waals surface area (Å²) in [5, 5.41) is 0. The molecule has 0 N–H and O–H groups in total. The Labute approximate surface area is 109 Å². The van der Waals surface area contributed by atoms with Gasteiger partial charge in [0.15, 0.2) is 5.69 Å². The van der Waals surface area contributed by atoms with Crippen LogP contribution in [0.25, 0.3) is 22.4 Å². The molecule has 0 fully saturated rings. The predicted octanol–water partition coefficient (Wildman–Crippen LogP) is 2.31. The highest BCUT2D eigenvalue weighted by molar-refractivity contribution is 5.90. The lowest BCUT2D eigenvalue weighted by Crippen LogP contribution is -2.04. The maximum atomic E-state index is 11.6. The summed E-state index contributed by atoms with van der Waals surface area (Å²) in [6.07, 6.45) is 1.62. The molecule has 5 nitrogen and oxygen atoms in total. The number of ether oxygens (including phenoxy) is 1. The van der Waals surface area contributed by atoms with Gasteiger partial charge in [0, 0.05) is 0 Å². The molecule has 0 bridgehead atoms. The molecule has 0 amide bonds. The summed E-state index contributed by atoms with van der Waals surface area (Å²) in [6.45, 7) is 2.08. The molecule has 1 aromatic carbocycles. The molecule has 0 atom stereocenters. The number of carbonyl (C=O) groups is 1. The number of esters is 1. The van der Waals surface area contributed by atoms with Crippen molar-refractivity contribution in [1.82, 2.24) is 15.0 Å². The van der Waals surface area contributed by atoms with Gasteiger partial charge in [0.25, 0.3) is 0 Å². The molecule has 94 valence electrons. The zero-order chi connectivity index (χ0) is 13.2. The number of para-hydroxylation sites is 2. The topological polar surface area (TPSA) is 65.0 Å². The number of benzene rings is 1. The van der Waals surface area contributed by atoms with Crippen LogP contribution in [0.5, 0.6) is 0 Å². The van der Waals surface area contributed by atoms with E-state index >= 15 is 0 Å². The van der Waals surface area contributed by atoms with Gasteiger partial charge < -0.3 is 4.74 Å². The van der Waals surface area contributed by atoms with Gasteiger partial charge in [-0.25, -0.2) is 14.8 Å². The highest BCUT2D eigenvalue weighted by atomic mass is 16.5. The third kappa shape index (κ3) is 2.10. The molecule has 0 aliphatic carbocycles. The average Bonchev–Trinajstić information content (AvgIpc) is 2.73. The van der Waals surface area contributed by atoms with E-state index in [1.807, 2.05) is 24.3 Å². The normalized spacial score (nSPS) is 10.8. The first-order chi connectivity index (χ1) is 9.28. The second kappa shape index (κ2) is 4.61.